The smallest absolute Gasteiger partial charge is 0.0595 e. The van der Waals surface area contributed by atoms with Gasteiger partial charge < -0.3 is 5.32 Å². The van der Waals surface area contributed by atoms with Gasteiger partial charge in [0.15, 0.2) is 0 Å². The standard InChI is InChI=1S/C9H9Cl2N.ClH/c10-7-2-1-6(5-8(7)11)9-3-4-12-9;/h1-2,5,9,12H,3-4H2;1H/t9-;/m1./s1. The highest BCUT2D eigenvalue weighted by Crippen LogP contribution is 2.29. The van der Waals surface area contributed by atoms with Crippen LogP contribution in [-0.2, 0) is 0 Å². The fraction of sp³-hybridized carbons (Fsp3) is 0.333. The molecule has 0 spiro atoms. The van der Waals surface area contributed by atoms with Crippen LogP contribution in [0.3, 0.4) is 0 Å². The average molecular weight is 239 g/mol. The Balaban J connectivity index is 0.000000845. The molecule has 72 valence electrons. The molecule has 1 aliphatic heterocycles. The first-order valence-electron chi connectivity index (χ1n) is 3.96. The summed E-state index contributed by atoms with van der Waals surface area (Å²) in [6, 6.07) is 6.28. The molecule has 1 saturated heterocycles. The normalized spacial score (nSPS) is 20.3. The summed E-state index contributed by atoms with van der Waals surface area (Å²) in [6.45, 7) is 1.10. The third kappa shape index (κ3) is 2.29. The molecule has 0 saturated carbocycles. The monoisotopic (exact) mass is 237 g/mol. The van der Waals surface area contributed by atoms with Crippen LogP contribution in [0.25, 0.3) is 0 Å². The highest BCUT2D eigenvalue weighted by molar-refractivity contribution is 6.42. The summed E-state index contributed by atoms with van der Waals surface area (Å²) in [4.78, 5) is 0. The summed E-state index contributed by atoms with van der Waals surface area (Å²) in [5.41, 5.74) is 1.23. The van der Waals surface area contributed by atoms with Gasteiger partial charge in [-0.05, 0) is 30.7 Å². The van der Waals surface area contributed by atoms with Crippen molar-refractivity contribution in [2.45, 2.75) is 12.5 Å². The van der Waals surface area contributed by atoms with E-state index in [9.17, 15) is 0 Å². The summed E-state index contributed by atoms with van der Waals surface area (Å²) in [5, 5.41) is 4.57. The van der Waals surface area contributed by atoms with Crippen molar-refractivity contribution in [1.82, 2.24) is 5.32 Å². The lowest BCUT2D eigenvalue weighted by molar-refractivity contribution is 0.383. The van der Waals surface area contributed by atoms with Crippen LogP contribution in [0.1, 0.15) is 18.0 Å². The lowest BCUT2D eigenvalue weighted by atomic mass is 9.98. The Kier molecular flexibility index (Phi) is 3.87. The fourth-order valence-corrected chi connectivity index (χ4v) is 1.61. The zero-order valence-electron chi connectivity index (χ0n) is 6.89. The Labute approximate surface area is 93.8 Å². The molecular formula is C9H10Cl3N. The highest BCUT2D eigenvalue weighted by atomic mass is 35.5. The van der Waals surface area contributed by atoms with E-state index < -0.39 is 0 Å². The molecule has 1 atom stereocenters. The molecule has 0 amide bonds. The van der Waals surface area contributed by atoms with Crippen LogP contribution in [-0.4, -0.2) is 6.54 Å². The molecule has 13 heavy (non-hydrogen) atoms. The summed E-state index contributed by atoms with van der Waals surface area (Å²) >= 11 is 11.7. The first-order valence-corrected chi connectivity index (χ1v) is 4.71. The Hall–Kier alpha value is 0.0500. The Morgan fingerprint density at radius 2 is 1.92 bits per heavy atom. The van der Waals surface area contributed by atoms with Gasteiger partial charge in [0.2, 0.25) is 0 Å². The maximum Gasteiger partial charge on any atom is 0.0595 e. The highest BCUT2D eigenvalue weighted by Gasteiger charge is 2.18. The first kappa shape index (κ1) is 11.1. The minimum Gasteiger partial charge on any atom is -0.310 e. The van der Waals surface area contributed by atoms with Crippen LogP contribution in [0.4, 0.5) is 0 Å². The number of halogens is 3. The van der Waals surface area contributed by atoms with Crippen molar-refractivity contribution < 1.29 is 0 Å². The number of hydrogen-bond acceptors (Lipinski definition) is 1. The van der Waals surface area contributed by atoms with Gasteiger partial charge in [-0.1, -0.05) is 29.3 Å². The zero-order chi connectivity index (χ0) is 8.55. The second-order valence-electron chi connectivity index (χ2n) is 2.97. The van der Waals surface area contributed by atoms with Gasteiger partial charge in [-0.15, -0.1) is 12.4 Å². The molecule has 0 radical (unpaired) electrons. The molecule has 0 aromatic heterocycles. The van der Waals surface area contributed by atoms with Gasteiger partial charge in [0.25, 0.3) is 0 Å². The van der Waals surface area contributed by atoms with Crippen LogP contribution >= 0.6 is 35.6 Å². The third-order valence-corrected chi connectivity index (χ3v) is 2.91. The lowest BCUT2D eigenvalue weighted by Crippen LogP contribution is -2.34. The maximum absolute atomic E-state index is 5.88. The van der Waals surface area contributed by atoms with Crippen molar-refractivity contribution in [3.05, 3.63) is 33.8 Å². The molecule has 1 N–H and O–H groups in total. The lowest BCUT2D eigenvalue weighted by Gasteiger charge is -2.28. The quantitative estimate of drug-likeness (QED) is 0.790. The topological polar surface area (TPSA) is 12.0 Å². The molecular weight excluding hydrogens is 228 g/mol. The minimum absolute atomic E-state index is 0. The predicted octanol–water partition coefficient (Wildman–Crippen LogP) is 3.45. The molecule has 4 heteroatoms. The molecule has 1 nitrogen and oxygen atoms in total. The zero-order valence-corrected chi connectivity index (χ0v) is 9.22. The molecule has 1 heterocycles. The summed E-state index contributed by atoms with van der Waals surface area (Å²) in [5.74, 6) is 0. The van der Waals surface area contributed by atoms with E-state index in [0.29, 0.717) is 16.1 Å². The van der Waals surface area contributed by atoms with Gasteiger partial charge in [-0.25, -0.2) is 0 Å². The fourth-order valence-electron chi connectivity index (χ4n) is 1.30. The van der Waals surface area contributed by atoms with Gasteiger partial charge in [-0.3, -0.25) is 0 Å². The SMILES string of the molecule is Cl.Clc1ccc([C@H]2CCN2)cc1Cl. The number of benzene rings is 1. The molecule has 0 unspecified atom stereocenters. The number of hydrogen-bond donors (Lipinski definition) is 1. The molecule has 0 bridgehead atoms. The van der Waals surface area contributed by atoms with E-state index >= 15 is 0 Å². The van der Waals surface area contributed by atoms with Crippen LogP contribution in [0, 0.1) is 0 Å². The maximum atomic E-state index is 5.88. The number of nitrogens with one attached hydrogen (secondary N) is 1. The Bertz CT molecular complexity index is 297. The second kappa shape index (κ2) is 4.52. The molecule has 2 rings (SSSR count). The van der Waals surface area contributed by atoms with Crippen LogP contribution < -0.4 is 5.32 Å². The van der Waals surface area contributed by atoms with E-state index in [0.717, 1.165) is 6.54 Å². The summed E-state index contributed by atoms with van der Waals surface area (Å²) < 4.78 is 0. The van der Waals surface area contributed by atoms with Crippen molar-refractivity contribution in [3.8, 4) is 0 Å². The molecule has 1 aromatic carbocycles. The molecule has 1 aromatic rings. The van der Waals surface area contributed by atoms with E-state index in [-0.39, 0.29) is 12.4 Å². The van der Waals surface area contributed by atoms with Crippen molar-refractivity contribution in [3.63, 3.8) is 0 Å². The van der Waals surface area contributed by atoms with Crippen molar-refractivity contribution in [2.24, 2.45) is 0 Å². The van der Waals surface area contributed by atoms with E-state index in [4.69, 9.17) is 23.2 Å². The van der Waals surface area contributed by atoms with E-state index in [1.165, 1.54) is 12.0 Å². The van der Waals surface area contributed by atoms with Gasteiger partial charge in [0.1, 0.15) is 0 Å². The molecule has 1 fully saturated rings. The summed E-state index contributed by atoms with van der Waals surface area (Å²) in [7, 11) is 0. The summed E-state index contributed by atoms with van der Waals surface area (Å²) in [6.07, 6.45) is 1.19. The van der Waals surface area contributed by atoms with Gasteiger partial charge in [0, 0.05) is 6.04 Å². The van der Waals surface area contributed by atoms with Crippen LogP contribution in [0.15, 0.2) is 18.2 Å². The van der Waals surface area contributed by atoms with E-state index in [2.05, 4.69) is 5.32 Å². The molecule has 1 aliphatic rings. The van der Waals surface area contributed by atoms with Crippen LogP contribution in [0.5, 0.6) is 0 Å². The second-order valence-corrected chi connectivity index (χ2v) is 3.78. The minimum atomic E-state index is 0. The Morgan fingerprint density at radius 3 is 2.38 bits per heavy atom. The van der Waals surface area contributed by atoms with Crippen molar-refractivity contribution in [1.29, 1.82) is 0 Å². The van der Waals surface area contributed by atoms with E-state index in [1.807, 2.05) is 18.2 Å². The first-order chi connectivity index (χ1) is 5.77. The van der Waals surface area contributed by atoms with Crippen molar-refractivity contribution in [2.75, 3.05) is 6.54 Å². The Morgan fingerprint density at radius 1 is 1.23 bits per heavy atom. The number of rotatable bonds is 1. The van der Waals surface area contributed by atoms with Gasteiger partial charge in [0.05, 0.1) is 10.0 Å². The largest absolute Gasteiger partial charge is 0.310 e. The van der Waals surface area contributed by atoms with E-state index in [1.54, 1.807) is 0 Å². The third-order valence-electron chi connectivity index (χ3n) is 2.17. The van der Waals surface area contributed by atoms with Gasteiger partial charge >= 0.3 is 0 Å². The average Bonchev–Trinajstić information content (AvgIpc) is 1.93. The van der Waals surface area contributed by atoms with Gasteiger partial charge in [-0.2, -0.15) is 0 Å². The molecule has 0 aliphatic carbocycles. The predicted molar refractivity (Wildman–Crippen MR) is 59.1 cm³/mol. The van der Waals surface area contributed by atoms with Crippen LogP contribution in [0.2, 0.25) is 10.0 Å². The van der Waals surface area contributed by atoms with Crippen molar-refractivity contribution >= 4 is 35.6 Å².